The molecule has 4 rings (SSSR count). The monoisotopic (exact) mass is 337 g/mol. The van der Waals surface area contributed by atoms with E-state index in [1.165, 1.54) is 22.3 Å². The smallest absolute Gasteiger partial charge is 0.409 e. The number of hydrogen-bond acceptors (Lipinski definition) is 3. The number of carbonyl (C=O) groups excluding carboxylic acids is 1. The third-order valence-electron chi connectivity index (χ3n) is 5.45. The summed E-state index contributed by atoms with van der Waals surface area (Å²) in [4.78, 5) is 14.2. The van der Waals surface area contributed by atoms with Gasteiger partial charge in [0.1, 0.15) is 6.61 Å². The van der Waals surface area contributed by atoms with Crippen molar-refractivity contribution in [3.63, 3.8) is 0 Å². The van der Waals surface area contributed by atoms with Crippen LogP contribution in [-0.2, 0) is 4.74 Å². The van der Waals surface area contributed by atoms with Gasteiger partial charge in [-0.05, 0) is 34.6 Å². The summed E-state index contributed by atoms with van der Waals surface area (Å²) < 4.78 is 5.67. The van der Waals surface area contributed by atoms with E-state index in [1.54, 1.807) is 4.90 Å². The van der Waals surface area contributed by atoms with Gasteiger partial charge in [-0.1, -0.05) is 55.5 Å². The third kappa shape index (κ3) is 2.91. The predicted octanol–water partition coefficient (Wildman–Crippen LogP) is 3.64. The van der Waals surface area contributed by atoms with Gasteiger partial charge in [0, 0.05) is 19.0 Å². The summed E-state index contributed by atoms with van der Waals surface area (Å²) in [7, 11) is 0. The van der Waals surface area contributed by atoms with Crippen molar-refractivity contribution < 1.29 is 14.6 Å². The number of carbonyl (C=O) groups is 1. The highest BCUT2D eigenvalue weighted by Gasteiger charge is 2.31. The van der Waals surface area contributed by atoms with Crippen molar-refractivity contribution in [2.75, 3.05) is 19.7 Å². The zero-order chi connectivity index (χ0) is 17.4. The van der Waals surface area contributed by atoms with Gasteiger partial charge in [0.2, 0.25) is 0 Å². The summed E-state index contributed by atoms with van der Waals surface area (Å²) >= 11 is 0. The minimum Gasteiger partial charge on any atom is -0.448 e. The Balaban J connectivity index is 1.49. The number of aliphatic hydroxyl groups excluding tert-OH is 1. The molecule has 2 unspecified atom stereocenters. The summed E-state index contributed by atoms with van der Waals surface area (Å²) in [5, 5.41) is 9.82. The lowest BCUT2D eigenvalue weighted by atomic mass is 9.97. The highest BCUT2D eigenvalue weighted by atomic mass is 16.6. The third-order valence-corrected chi connectivity index (χ3v) is 5.45. The first-order chi connectivity index (χ1) is 12.1. The molecule has 4 heteroatoms. The zero-order valence-electron chi connectivity index (χ0n) is 14.4. The Bertz CT molecular complexity index is 743. The van der Waals surface area contributed by atoms with Crippen molar-refractivity contribution in [1.29, 1.82) is 0 Å². The Kier molecular flexibility index (Phi) is 4.22. The number of ether oxygens (including phenoxy) is 1. The Hall–Kier alpha value is -2.33. The van der Waals surface area contributed by atoms with Crippen LogP contribution in [0.1, 0.15) is 30.4 Å². The molecule has 0 bridgehead atoms. The van der Waals surface area contributed by atoms with E-state index in [0.29, 0.717) is 26.1 Å². The summed E-state index contributed by atoms with van der Waals surface area (Å²) in [5.41, 5.74) is 4.90. The van der Waals surface area contributed by atoms with Crippen molar-refractivity contribution in [1.82, 2.24) is 4.90 Å². The van der Waals surface area contributed by atoms with Crippen LogP contribution in [0.2, 0.25) is 0 Å². The minimum atomic E-state index is -0.322. The van der Waals surface area contributed by atoms with Gasteiger partial charge in [0.15, 0.2) is 0 Å². The van der Waals surface area contributed by atoms with Crippen LogP contribution in [-0.4, -0.2) is 41.9 Å². The lowest BCUT2D eigenvalue weighted by Gasteiger charge is -2.33. The molecule has 1 saturated heterocycles. The van der Waals surface area contributed by atoms with Gasteiger partial charge in [-0.3, -0.25) is 0 Å². The molecule has 4 nitrogen and oxygen atoms in total. The average Bonchev–Trinajstić information content (AvgIpc) is 2.96. The first kappa shape index (κ1) is 16.2. The molecule has 1 aliphatic heterocycles. The molecule has 0 radical (unpaired) electrons. The second-order valence-corrected chi connectivity index (χ2v) is 7.08. The normalized spacial score (nSPS) is 22.4. The first-order valence-electron chi connectivity index (χ1n) is 8.93. The van der Waals surface area contributed by atoms with Crippen LogP contribution in [0.25, 0.3) is 11.1 Å². The fraction of sp³-hybridized carbons (Fsp3) is 0.381. The molecule has 1 fully saturated rings. The van der Waals surface area contributed by atoms with Crippen molar-refractivity contribution in [3.8, 4) is 11.1 Å². The number of hydrogen-bond donors (Lipinski definition) is 1. The molecule has 130 valence electrons. The number of fused-ring (bicyclic) bond motifs is 3. The van der Waals surface area contributed by atoms with Gasteiger partial charge >= 0.3 is 6.09 Å². The van der Waals surface area contributed by atoms with Crippen molar-refractivity contribution in [3.05, 3.63) is 59.7 Å². The molecular formula is C21H23NO3. The summed E-state index contributed by atoms with van der Waals surface area (Å²) in [5.74, 6) is 0.179. The van der Waals surface area contributed by atoms with E-state index >= 15 is 0 Å². The quantitative estimate of drug-likeness (QED) is 0.910. The molecule has 2 aromatic rings. The molecule has 2 aromatic carbocycles. The van der Waals surface area contributed by atoms with Crippen LogP contribution >= 0.6 is 0 Å². The topological polar surface area (TPSA) is 49.8 Å². The van der Waals surface area contributed by atoms with Gasteiger partial charge < -0.3 is 14.7 Å². The molecule has 25 heavy (non-hydrogen) atoms. The van der Waals surface area contributed by atoms with Crippen LogP contribution in [0.15, 0.2) is 48.5 Å². The van der Waals surface area contributed by atoms with Gasteiger partial charge in [-0.25, -0.2) is 4.79 Å². The molecule has 2 atom stereocenters. The molecule has 2 aliphatic rings. The molecule has 1 heterocycles. The van der Waals surface area contributed by atoms with Crippen LogP contribution < -0.4 is 0 Å². The Morgan fingerprint density at radius 2 is 1.72 bits per heavy atom. The van der Waals surface area contributed by atoms with Gasteiger partial charge in [-0.2, -0.15) is 0 Å². The lowest BCUT2D eigenvalue weighted by molar-refractivity contribution is 0.0262. The van der Waals surface area contributed by atoms with Gasteiger partial charge in [0.25, 0.3) is 0 Å². The predicted molar refractivity (Wildman–Crippen MR) is 96.4 cm³/mol. The minimum absolute atomic E-state index is 0.0872. The van der Waals surface area contributed by atoms with E-state index in [9.17, 15) is 9.90 Å². The summed E-state index contributed by atoms with van der Waals surface area (Å²) in [6, 6.07) is 16.7. The molecule has 0 aromatic heterocycles. The number of aliphatic hydroxyl groups is 1. The number of rotatable bonds is 2. The van der Waals surface area contributed by atoms with Gasteiger partial charge in [-0.15, -0.1) is 0 Å². The van der Waals surface area contributed by atoms with Crippen molar-refractivity contribution in [2.45, 2.75) is 25.4 Å². The highest BCUT2D eigenvalue weighted by molar-refractivity contribution is 5.79. The standard InChI is InChI=1S/C21H23NO3/c1-14-12-22(11-10-20(14)23)21(24)25-13-19-17-8-4-2-6-15(17)16-7-3-5-9-18(16)19/h2-9,14,19-20,23H,10-13H2,1H3. The highest BCUT2D eigenvalue weighted by Crippen LogP contribution is 2.44. The number of nitrogens with zero attached hydrogens (tertiary/aromatic N) is 1. The lowest BCUT2D eigenvalue weighted by Crippen LogP contribution is -2.45. The number of benzene rings is 2. The van der Waals surface area contributed by atoms with Gasteiger partial charge in [0.05, 0.1) is 6.10 Å². The zero-order valence-corrected chi connectivity index (χ0v) is 14.4. The van der Waals surface area contributed by atoms with E-state index < -0.39 is 0 Å². The summed E-state index contributed by atoms with van der Waals surface area (Å²) in [6.07, 6.45) is 0.0176. The van der Waals surface area contributed by atoms with E-state index in [-0.39, 0.29) is 24.0 Å². The second-order valence-electron chi connectivity index (χ2n) is 7.08. The van der Waals surface area contributed by atoms with Crippen molar-refractivity contribution >= 4 is 6.09 Å². The average molecular weight is 337 g/mol. The number of piperidine rings is 1. The molecule has 0 spiro atoms. The Morgan fingerprint density at radius 3 is 2.32 bits per heavy atom. The molecular weight excluding hydrogens is 314 g/mol. The summed E-state index contributed by atoms with van der Waals surface area (Å²) in [6.45, 7) is 3.42. The Morgan fingerprint density at radius 1 is 1.12 bits per heavy atom. The first-order valence-corrected chi connectivity index (χ1v) is 8.93. The van der Waals surface area contributed by atoms with E-state index in [4.69, 9.17) is 4.74 Å². The molecule has 1 amide bonds. The molecule has 0 saturated carbocycles. The van der Waals surface area contributed by atoms with Crippen LogP contribution in [0.3, 0.4) is 0 Å². The van der Waals surface area contributed by atoms with E-state index in [1.807, 2.05) is 31.2 Å². The maximum atomic E-state index is 12.5. The second kappa shape index (κ2) is 6.52. The molecule has 1 aliphatic carbocycles. The van der Waals surface area contributed by atoms with Crippen LogP contribution in [0, 0.1) is 5.92 Å². The molecule has 1 N–H and O–H groups in total. The fourth-order valence-corrected chi connectivity index (χ4v) is 3.98. The van der Waals surface area contributed by atoms with Crippen LogP contribution in [0.5, 0.6) is 0 Å². The number of likely N-dealkylation sites (tertiary alicyclic amines) is 1. The maximum Gasteiger partial charge on any atom is 0.409 e. The SMILES string of the molecule is CC1CN(C(=O)OCC2c3ccccc3-c3ccccc32)CCC1O. The van der Waals surface area contributed by atoms with E-state index in [2.05, 4.69) is 24.3 Å². The largest absolute Gasteiger partial charge is 0.448 e. The fourth-order valence-electron chi connectivity index (χ4n) is 3.98. The van der Waals surface area contributed by atoms with Crippen molar-refractivity contribution in [2.24, 2.45) is 5.92 Å². The maximum absolute atomic E-state index is 12.5. The number of amides is 1. The van der Waals surface area contributed by atoms with Crippen LogP contribution in [0.4, 0.5) is 4.79 Å². The Labute approximate surface area is 148 Å². The van der Waals surface area contributed by atoms with E-state index in [0.717, 1.165) is 0 Å².